The maximum atomic E-state index is 13.2. The van der Waals surface area contributed by atoms with Crippen molar-refractivity contribution in [2.45, 2.75) is 4.90 Å². The number of aromatic nitrogens is 5. The Morgan fingerprint density at radius 1 is 0.925 bits per heavy atom. The van der Waals surface area contributed by atoms with Crippen LogP contribution >= 0.6 is 0 Å². The normalized spacial score (nSPS) is 14.2. The van der Waals surface area contributed by atoms with Gasteiger partial charge in [0.05, 0.1) is 28.4 Å². The van der Waals surface area contributed by atoms with Crippen molar-refractivity contribution in [3.05, 3.63) is 84.6 Å². The molecule has 0 spiro atoms. The van der Waals surface area contributed by atoms with Crippen LogP contribution in [0, 0.1) is 23.7 Å². The number of fused-ring (bicyclic) bond motifs is 1. The highest BCUT2D eigenvalue weighted by molar-refractivity contribution is 7.89. The molecule has 0 saturated carbocycles. The highest BCUT2D eigenvalue weighted by Gasteiger charge is 2.29. The van der Waals surface area contributed by atoms with Crippen molar-refractivity contribution in [3.63, 3.8) is 0 Å². The number of hydrogen-bond donors (Lipinski definition) is 0. The molecule has 1 saturated heterocycles. The molecule has 0 unspecified atom stereocenters. The van der Waals surface area contributed by atoms with Gasteiger partial charge in [-0.3, -0.25) is 4.68 Å². The summed E-state index contributed by atoms with van der Waals surface area (Å²) in [5.74, 6) is 3.24. The van der Waals surface area contributed by atoms with Gasteiger partial charge in [-0.25, -0.2) is 17.9 Å². The van der Waals surface area contributed by atoms with Crippen molar-refractivity contribution < 1.29 is 8.42 Å². The number of nitrogens with zero attached hydrogens (tertiary/aromatic N) is 8. The van der Waals surface area contributed by atoms with Crippen LogP contribution in [0.5, 0.6) is 0 Å². The van der Waals surface area contributed by atoms with Crippen LogP contribution in [-0.2, 0) is 17.1 Å². The quantitative estimate of drug-likeness (QED) is 0.310. The minimum atomic E-state index is -3.64. The van der Waals surface area contributed by atoms with Crippen LogP contribution in [-0.4, -0.2) is 63.3 Å². The molecule has 0 N–H and O–H groups in total. The number of hydrogen-bond acceptors (Lipinski definition) is 7. The molecule has 1 fully saturated rings. The smallest absolute Gasteiger partial charge is 0.243 e. The summed E-state index contributed by atoms with van der Waals surface area (Å²) in [5.41, 5.74) is 5.23. The molecule has 10 nitrogen and oxygen atoms in total. The molecule has 4 aromatic heterocycles. The van der Waals surface area contributed by atoms with Crippen molar-refractivity contribution in [3.8, 4) is 40.7 Å². The summed E-state index contributed by atoms with van der Waals surface area (Å²) < 4.78 is 31.2. The van der Waals surface area contributed by atoms with Crippen LogP contribution in [0.2, 0.25) is 0 Å². The van der Waals surface area contributed by atoms with Crippen LogP contribution in [0.25, 0.3) is 27.8 Å². The van der Waals surface area contributed by atoms with Gasteiger partial charge in [0.1, 0.15) is 11.9 Å². The monoisotopic (exact) mass is 548 g/mol. The number of aryl methyl sites for hydroxylation is 1. The number of nitriles is 1. The first-order valence-electron chi connectivity index (χ1n) is 12.6. The van der Waals surface area contributed by atoms with Gasteiger partial charge in [0.2, 0.25) is 10.0 Å². The van der Waals surface area contributed by atoms with E-state index in [2.05, 4.69) is 27.1 Å². The maximum Gasteiger partial charge on any atom is 0.243 e. The Morgan fingerprint density at radius 2 is 1.75 bits per heavy atom. The molecule has 1 aromatic carbocycles. The molecule has 0 atom stereocenters. The fourth-order valence-corrected chi connectivity index (χ4v) is 6.41. The standard InChI is InChI=1S/C29H24N8O2S/c1-3-21-5-4-6-26(13-21)40(38,39)36-11-9-35(10-12-36)28-8-7-22(16-31-28)27-14-23(25-18-32-34(2)19-25)20-37-29(27)24(15-30)17-33-37/h1,4-8,13-14,16-20H,9-12H2,2H3. The van der Waals surface area contributed by atoms with Crippen LogP contribution in [0.15, 0.2) is 78.3 Å². The number of rotatable bonds is 5. The van der Waals surface area contributed by atoms with E-state index in [1.165, 1.54) is 10.4 Å². The minimum Gasteiger partial charge on any atom is -0.354 e. The fraction of sp³-hybridized carbons (Fsp3) is 0.172. The van der Waals surface area contributed by atoms with E-state index in [9.17, 15) is 13.7 Å². The number of terminal acetylenes is 1. The summed E-state index contributed by atoms with van der Waals surface area (Å²) in [6.45, 7) is 1.67. The Labute approximate surface area is 231 Å². The first-order valence-corrected chi connectivity index (χ1v) is 14.0. The molecule has 0 radical (unpaired) electrons. The molecule has 5 heterocycles. The molecule has 0 amide bonds. The van der Waals surface area contributed by atoms with Crippen molar-refractivity contribution >= 4 is 21.4 Å². The number of piperazine rings is 1. The first kappa shape index (κ1) is 25.3. The van der Waals surface area contributed by atoms with Crippen LogP contribution in [0.4, 0.5) is 5.82 Å². The van der Waals surface area contributed by atoms with E-state index in [1.54, 1.807) is 46.0 Å². The fourth-order valence-electron chi connectivity index (χ4n) is 4.94. The van der Waals surface area contributed by atoms with E-state index < -0.39 is 10.0 Å². The lowest BCUT2D eigenvalue weighted by Gasteiger charge is -2.34. The molecule has 6 rings (SSSR count). The van der Waals surface area contributed by atoms with Crippen molar-refractivity contribution in [2.24, 2.45) is 7.05 Å². The lowest BCUT2D eigenvalue weighted by Crippen LogP contribution is -2.48. The average molecular weight is 549 g/mol. The molecular weight excluding hydrogens is 524 g/mol. The molecule has 40 heavy (non-hydrogen) atoms. The van der Waals surface area contributed by atoms with E-state index in [4.69, 9.17) is 11.4 Å². The largest absolute Gasteiger partial charge is 0.354 e. The van der Waals surface area contributed by atoms with Crippen LogP contribution < -0.4 is 4.90 Å². The zero-order chi connectivity index (χ0) is 27.9. The predicted molar refractivity (Wildman–Crippen MR) is 151 cm³/mol. The zero-order valence-corrected chi connectivity index (χ0v) is 22.5. The van der Waals surface area contributed by atoms with Gasteiger partial charge in [0, 0.05) is 79.6 Å². The molecule has 198 valence electrons. The first-order chi connectivity index (χ1) is 19.4. The molecule has 11 heteroatoms. The predicted octanol–water partition coefficient (Wildman–Crippen LogP) is 3.16. The third-order valence-electron chi connectivity index (χ3n) is 7.03. The van der Waals surface area contributed by atoms with E-state index in [0.29, 0.717) is 42.8 Å². The highest BCUT2D eigenvalue weighted by atomic mass is 32.2. The highest BCUT2D eigenvalue weighted by Crippen LogP contribution is 2.32. The Morgan fingerprint density at radius 3 is 2.42 bits per heavy atom. The lowest BCUT2D eigenvalue weighted by atomic mass is 10.0. The second kappa shape index (κ2) is 9.97. The van der Waals surface area contributed by atoms with Gasteiger partial charge in [-0.2, -0.15) is 19.8 Å². The topological polar surface area (TPSA) is 112 Å². The third-order valence-corrected chi connectivity index (χ3v) is 8.93. The lowest BCUT2D eigenvalue weighted by molar-refractivity contribution is 0.384. The van der Waals surface area contributed by atoms with E-state index in [1.807, 2.05) is 37.6 Å². The van der Waals surface area contributed by atoms with Crippen molar-refractivity contribution in [1.29, 1.82) is 5.26 Å². The minimum absolute atomic E-state index is 0.204. The number of pyridine rings is 2. The molecule has 1 aliphatic rings. The Hall–Kier alpha value is -4.97. The Kier molecular flexibility index (Phi) is 6.31. The van der Waals surface area contributed by atoms with Gasteiger partial charge in [-0.1, -0.05) is 12.0 Å². The summed E-state index contributed by atoms with van der Waals surface area (Å²) in [5, 5.41) is 18.3. The van der Waals surface area contributed by atoms with Crippen molar-refractivity contribution in [1.82, 2.24) is 28.7 Å². The summed E-state index contributed by atoms with van der Waals surface area (Å²) in [4.78, 5) is 6.98. The van der Waals surface area contributed by atoms with Gasteiger partial charge in [0.25, 0.3) is 0 Å². The van der Waals surface area contributed by atoms with Gasteiger partial charge < -0.3 is 4.90 Å². The molecule has 0 aliphatic carbocycles. The van der Waals surface area contributed by atoms with E-state index in [-0.39, 0.29) is 4.90 Å². The van der Waals surface area contributed by atoms with Gasteiger partial charge in [0.15, 0.2) is 0 Å². The summed E-state index contributed by atoms with van der Waals surface area (Å²) in [6.07, 6.45) is 14.4. The van der Waals surface area contributed by atoms with E-state index >= 15 is 0 Å². The van der Waals surface area contributed by atoms with Gasteiger partial charge in [-0.05, 0) is 36.4 Å². The molecule has 0 bridgehead atoms. The summed E-state index contributed by atoms with van der Waals surface area (Å²) in [7, 11) is -1.78. The zero-order valence-electron chi connectivity index (χ0n) is 21.6. The summed E-state index contributed by atoms with van der Waals surface area (Å²) >= 11 is 0. The SMILES string of the molecule is C#Cc1cccc(S(=O)(=O)N2CCN(c3ccc(-c4cc(-c5cnn(C)c5)cn5ncc(C#N)c45)cn3)CC2)c1. The molecular formula is C29H24N8O2S. The summed E-state index contributed by atoms with van der Waals surface area (Å²) in [6, 6.07) is 14.6. The molecule has 1 aliphatic heterocycles. The number of anilines is 1. The number of sulfonamides is 1. The Bertz CT molecular complexity index is 1920. The molecule has 5 aromatic rings. The Balaban J connectivity index is 1.25. The van der Waals surface area contributed by atoms with Gasteiger partial charge in [-0.15, -0.1) is 6.42 Å². The van der Waals surface area contributed by atoms with Crippen LogP contribution in [0.1, 0.15) is 11.1 Å². The maximum absolute atomic E-state index is 13.2. The number of benzene rings is 1. The second-order valence-corrected chi connectivity index (χ2v) is 11.4. The van der Waals surface area contributed by atoms with E-state index in [0.717, 1.165) is 28.1 Å². The average Bonchev–Trinajstić information content (AvgIpc) is 3.63. The van der Waals surface area contributed by atoms with Crippen LogP contribution in [0.3, 0.4) is 0 Å². The van der Waals surface area contributed by atoms with Crippen molar-refractivity contribution in [2.75, 3.05) is 31.1 Å². The van der Waals surface area contributed by atoms with Gasteiger partial charge >= 0.3 is 0 Å². The third kappa shape index (κ3) is 4.47. The second-order valence-electron chi connectivity index (χ2n) is 9.48.